The van der Waals surface area contributed by atoms with Crippen molar-refractivity contribution in [3.8, 4) is 0 Å². The molecule has 0 spiro atoms. The van der Waals surface area contributed by atoms with Crippen LogP contribution in [0.4, 0.5) is 0 Å². The van der Waals surface area contributed by atoms with E-state index in [4.69, 9.17) is 14.9 Å². The van der Waals surface area contributed by atoms with Crippen LogP contribution in [0.5, 0.6) is 0 Å². The van der Waals surface area contributed by atoms with Crippen molar-refractivity contribution in [1.29, 1.82) is 0 Å². The average Bonchev–Trinajstić information content (AvgIpc) is 2.29. The van der Waals surface area contributed by atoms with Gasteiger partial charge in [-0.2, -0.15) is 0 Å². The molecule has 84 valence electrons. The molecule has 0 saturated carbocycles. The molecule has 1 atom stereocenters. The number of aliphatic hydroxyl groups excluding tert-OH is 2. The monoisotopic (exact) mass is 210 g/mol. The van der Waals surface area contributed by atoms with Crippen LogP contribution >= 0.6 is 0 Å². The molecule has 15 heavy (non-hydrogen) atoms. The lowest BCUT2D eigenvalue weighted by molar-refractivity contribution is 0.00575. The number of hydrogen-bond acceptors (Lipinski definition) is 3. The van der Waals surface area contributed by atoms with Gasteiger partial charge in [0.15, 0.2) is 0 Å². The standard InChI is InChI=1S/C12H18O3/c13-9-12(14)10-15-8-4-7-11-5-2-1-3-6-11/h1-3,5-6,12-14H,4,7-10H2. The lowest BCUT2D eigenvalue weighted by Crippen LogP contribution is -2.19. The van der Waals surface area contributed by atoms with Crippen LogP contribution in [0, 0.1) is 0 Å². The second-order valence-electron chi connectivity index (χ2n) is 3.50. The first-order valence-corrected chi connectivity index (χ1v) is 5.23. The molecule has 0 bridgehead atoms. The van der Waals surface area contributed by atoms with E-state index in [9.17, 15) is 0 Å². The summed E-state index contributed by atoms with van der Waals surface area (Å²) in [5.74, 6) is 0. The maximum absolute atomic E-state index is 9.00. The van der Waals surface area contributed by atoms with Crippen molar-refractivity contribution in [2.75, 3.05) is 19.8 Å². The van der Waals surface area contributed by atoms with Gasteiger partial charge in [-0.1, -0.05) is 30.3 Å². The zero-order chi connectivity index (χ0) is 10.9. The van der Waals surface area contributed by atoms with Crippen LogP contribution in [0.25, 0.3) is 0 Å². The molecule has 0 aliphatic carbocycles. The summed E-state index contributed by atoms with van der Waals surface area (Å²) in [6.07, 6.45) is 1.17. The van der Waals surface area contributed by atoms with Crippen molar-refractivity contribution < 1.29 is 14.9 Å². The Bertz CT molecular complexity index is 248. The third-order valence-corrected chi connectivity index (χ3v) is 2.12. The van der Waals surface area contributed by atoms with Crippen molar-refractivity contribution in [1.82, 2.24) is 0 Å². The Morgan fingerprint density at radius 1 is 1.20 bits per heavy atom. The molecule has 0 saturated heterocycles. The molecule has 0 aromatic heterocycles. The fraction of sp³-hybridized carbons (Fsp3) is 0.500. The van der Waals surface area contributed by atoms with E-state index in [1.807, 2.05) is 18.2 Å². The third-order valence-electron chi connectivity index (χ3n) is 2.12. The highest BCUT2D eigenvalue weighted by atomic mass is 16.5. The first-order chi connectivity index (χ1) is 7.33. The Morgan fingerprint density at radius 3 is 2.60 bits per heavy atom. The summed E-state index contributed by atoms with van der Waals surface area (Å²) in [6, 6.07) is 10.2. The average molecular weight is 210 g/mol. The summed E-state index contributed by atoms with van der Waals surface area (Å²) in [6.45, 7) is 0.593. The molecular weight excluding hydrogens is 192 g/mol. The minimum absolute atomic E-state index is 0.214. The van der Waals surface area contributed by atoms with Gasteiger partial charge >= 0.3 is 0 Å². The normalized spacial score (nSPS) is 12.7. The summed E-state index contributed by atoms with van der Waals surface area (Å²) >= 11 is 0. The van der Waals surface area contributed by atoms with Crippen molar-refractivity contribution in [3.63, 3.8) is 0 Å². The maximum atomic E-state index is 9.00. The Labute approximate surface area is 90.3 Å². The van der Waals surface area contributed by atoms with Gasteiger partial charge in [0, 0.05) is 6.61 Å². The van der Waals surface area contributed by atoms with Gasteiger partial charge in [-0.3, -0.25) is 0 Å². The van der Waals surface area contributed by atoms with Crippen LogP contribution in [0.1, 0.15) is 12.0 Å². The number of ether oxygens (including phenoxy) is 1. The van der Waals surface area contributed by atoms with Gasteiger partial charge < -0.3 is 14.9 Å². The van der Waals surface area contributed by atoms with Gasteiger partial charge in [0.1, 0.15) is 6.10 Å². The Kier molecular flexibility index (Phi) is 6.00. The van der Waals surface area contributed by atoms with Crippen LogP contribution in [-0.4, -0.2) is 36.1 Å². The lowest BCUT2D eigenvalue weighted by atomic mass is 10.1. The molecule has 3 nitrogen and oxygen atoms in total. The zero-order valence-electron chi connectivity index (χ0n) is 8.80. The summed E-state index contributed by atoms with van der Waals surface area (Å²) in [5.41, 5.74) is 1.30. The molecule has 0 aliphatic rings. The smallest absolute Gasteiger partial charge is 0.100 e. The third kappa shape index (κ3) is 5.52. The van der Waals surface area contributed by atoms with Crippen LogP contribution in [0.15, 0.2) is 30.3 Å². The molecule has 2 N–H and O–H groups in total. The molecule has 3 heteroatoms. The molecule has 0 heterocycles. The van der Waals surface area contributed by atoms with Crippen LogP contribution in [-0.2, 0) is 11.2 Å². The van der Waals surface area contributed by atoms with Gasteiger partial charge in [-0.05, 0) is 18.4 Å². The maximum Gasteiger partial charge on any atom is 0.100 e. The van der Waals surface area contributed by atoms with E-state index in [-0.39, 0.29) is 13.2 Å². The highest BCUT2D eigenvalue weighted by Gasteiger charge is 2.00. The number of rotatable bonds is 7. The van der Waals surface area contributed by atoms with Crippen molar-refractivity contribution in [2.45, 2.75) is 18.9 Å². The summed E-state index contributed by atoms with van der Waals surface area (Å²) in [5, 5.41) is 17.5. The van der Waals surface area contributed by atoms with E-state index in [0.717, 1.165) is 12.8 Å². The van der Waals surface area contributed by atoms with Crippen LogP contribution in [0.2, 0.25) is 0 Å². The molecule has 0 fully saturated rings. The van der Waals surface area contributed by atoms with Crippen molar-refractivity contribution in [3.05, 3.63) is 35.9 Å². The molecule has 1 unspecified atom stereocenters. The Morgan fingerprint density at radius 2 is 1.93 bits per heavy atom. The molecule has 1 aromatic rings. The highest BCUT2D eigenvalue weighted by Crippen LogP contribution is 2.02. The molecule has 0 radical (unpaired) electrons. The van der Waals surface area contributed by atoms with Gasteiger partial charge in [0.05, 0.1) is 13.2 Å². The first-order valence-electron chi connectivity index (χ1n) is 5.23. The topological polar surface area (TPSA) is 49.7 Å². The van der Waals surface area contributed by atoms with Gasteiger partial charge in [-0.15, -0.1) is 0 Å². The molecule has 1 rings (SSSR count). The first kappa shape index (κ1) is 12.2. The number of aryl methyl sites for hydroxylation is 1. The van der Waals surface area contributed by atoms with Crippen molar-refractivity contribution in [2.24, 2.45) is 0 Å². The van der Waals surface area contributed by atoms with Crippen LogP contribution in [0.3, 0.4) is 0 Å². The summed E-state index contributed by atoms with van der Waals surface area (Å²) < 4.78 is 5.20. The molecule has 1 aromatic carbocycles. The minimum Gasteiger partial charge on any atom is -0.394 e. The molecular formula is C12H18O3. The Balaban J connectivity index is 2.03. The predicted octanol–water partition coefficient (Wildman–Crippen LogP) is 0.989. The minimum atomic E-state index is -0.748. The van der Waals surface area contributed by atoms with E-state index in [1.165, 1.54) is 5.56 Å². The lowest BCUT2D eigenvalue weighted by Gasteiger charge is -2.07. The van der Waals surface area contributed by atoms with E-state index < -0.39 is 6.10 Å². The van der Waals surface area contributed by atoms with E-state index >= 15 is 0 Å². The quantitative estimate of drug-likeness (QED) is 0.660. The molecule has 0 aliphatic heterocycles. The fourth-order valence-corrected chi connectivity index (χ4v) is 1.30. The fourth-order valence-electron chi connectivity index (χ4n) is 1.30. The summed E-state index contributed by atoms with van der Waals surface area (Å²) in [7, 11) is 0. The second kappa shape index (κ2) is 7.40. The second-order valence-corrected chi connectivity index (χ2v) is 3.50. The van der Waals surface area contributed by atoms with E-state index in [2.05, 4.69) is 12.1 Å². The highest BCUT2D eigenvalue weighted by molar-refractivity contribution is 5.14. The van der Waals surface area contributed by atoms with Gasteiger partial charge in [0.2, 0.25) is 0 Å². The van der Waals surface area contributed by atoms with Gasteiger partial charge in [-0.25, -0.2) is 0 Å². The van der Waals surface area contributed by atoms with Crippen LogP contribution < -0.4 is 0 Å². The predicted molar refractivity (Wildman–Crippen MR) is 58.7 cm³/mol. The molecule has 0 amide bonds. The number of benzene rings is 1. The van der Waals surface area contributed by atoms with Crippen molar-refractivity contribution >= 4 is 0 Å². The summed E-state index contributed by atoms with van der Waals surface area (Å²) in [4.78, 5) is 0. The zero-order valence-corrected chi connectivity index (χ0v) is 8.80. The number of aliphatic hydroxyl groups is 2. The van der Waals surface area contributed by atoms with E-state index in [0.29, 0.717) is 6.61 Å². The Hall–Kier alpha value is -0.900. The van der Waals surface area contributed by atoms with E-state index in [1.54, 1.807) is 0 Å². The van der Waals surface area contributed by atoms with Gasteiger partial charge in [0.25, 0.3) is 0 Å². The number of hydrogen-bond donors (Lipinski definition) is 2. The SMILES string of the molecule is OCC(O)COCCCc1ccccc1. The largest absolute Gasteiger partial charge is 0.394 e.